The molecule has 37 heavy (non-hydrogen) atoms. The van der Waals surface area contributed by atoms with Crippen molar-refractivity contribution in [2.75, 3.05) is 0 Å². The van der Waals surface area contributed by atoms with Gasteiger partial charge in [0.1, 0.15) is 11.4 Å². The number of hydrogen-bond acceptors (Lipinski definition) is 5. The molecule has 2 heterocycles. The molecule has 2 aromatic heterocycles. The third kappa shape index (κ3) is 3.94. The molecule has 1 fully saturated rings. The third-order valence-corrected chi connectivity index (χ3v) is 7.64. The Morgan fingerprint density at radius 3 is 2.59 bits per heavy atom. The van der Waals surface area contributed by atoms with Gasteiger partial charge in [0.2, 0.25) is 0 Å². The van der Waals surface area contributed by atoms with Crippen LogP contribution in [0.1, 0.15) is 42.9 Å². The Morgan fingerprint density at radius 2 is 1.86 bits per heavy atom. The molecule has 1 saturated carbocycles. The number of halogens is 1. The van der Waals surface area contributed by atoms with Gasteiger partial charge < -0.3 is 13.7 Å². The first kappa shape index (κ1) is 23.3. The van der Waals surface area contributed by atoms with Crippen molar-refractivity contribution in [3.05, 3.63) is 75.9 Å². The minimum Gasteiger partial charge on any atom is -0.358 e. The van der Waals surface area contributed by atoms with Crippen molar-refractivity contribution in [3.8, 4) is 22.9 Å². The standard InChI is InChI=1S/C28H22FN3O4S/c1-16-11-23-25(14-22(16)18-5-4-8-20(13-18)36-37(29,34)35)32(19-6-2-3-7-19)28-26(27(23)33)21-10-9-17(15-30)12-24(21)31-28/h4-5,8-14,19,31H,2-3,6-7H2,1H3. The summed E-state index contributed by atoms with van der Waals surface area (Å²) in [6, 6.07) is 17.7. The fourth-order valence-electron chi connectivity index (χ4n) is 5.68. The van der Waals surface area contributed by atoms with E-state index in [-0.39, 0.29) is 17.2 Å². The summed E-state index contributed by atoms with van der Waals surface area (Å²) >= 11 is 0. The minimum absolute atomic E-state index is 0.0922. The maximum absolute atomic E-state index is 13.9. The van der Waals surface area contributed by atoms with Gasteiger partial charge in [0.25, 0.3) is 0 Å². The fourth-order valence-corrected chi connectivity index (χ4v) is 6.01. The molecular formula is C28H22FN3O4S. The van der Waals surface area contributed by atoms with Gasteiger partial charge in [-0.25, -0.2) is 0 Å². The lowest BCUT2D eigenvalue weighted by Crippen LogP contribution is -2.14. The second-order valence-electron chi connectivity index (χ2n) is 9.55. The fraction of sp³-hybridized carbons (Fsp3) is 0.214. The van der Waals surface area contributed by atoms with Crippen LogP contribution in [-0.4, -0.2) is 18.0 Å². The van der Waals surface area contributed by atoms with Crippen LogP contribution in [-0.2, 0) is 10.5 Å². The lowest BCUT2D eigenvalue weighted by Gasteiger charge is -2.21. The van der Waals surface area contributed by atoms with Crippen molar-refractivity contribution in [2.45, 2.75) is 38.6 Å². The van der Waals surface area contributed by atoms with E-state index in [0.717, 1.165) is 58.9 Å². The molecule has 0 radical (unpaired) electrons. The molecule has 0 aliphatic heterocycles. The number of fused-ring (bicyclic) bond motifs is 4. The van der Waals surface area contributed by atoms with E-state index in [1.54, 1.807) is 24.3 Å². The zero-order valence-corrected chi connectivity index (χ0v) is 20.7. The Kier molecular flexibility index (Phi) is 5.31. The smallest absolute Gasteiger partial charge is 0.358 e. The predicted molar refractivity (Wildman–Crippen MR) is 141 cm³/mol. The summed E-state index contributed by atoms with van der Waals surface area (Å²) in [5.74, 6) is -0.132. The molecule has 0 atom stereocenters. The van der Waals surface area contributed by atoms with Gasteiger partial charge in [-0.15, -0.1) is 0 Å². The van der Waals surface area contributed by atoms with Crippen LogP contribution in [0.25, 0.3) is 44.0 Å². The number of aromatic nitrogens is 2. The quantitative estimate of drug-likeness (QED) is 0.287. The molecule has 6 rings (SSSR count). The topological polar surface area (TPSA) is 105 Å². The Morgan fingerprint density at radius 1 is 1.08 bits per heavy atom. The van der Waals surface area contributed by atoms with E-state index in [4.69, 9.17) is 0 Å². The summed E-state index contributed by atoms with van der Waals surface area (Å²) in [7, 11) is -5.16. The van der Waals surface area contributed by atoms with Gasteiger partial charge in [0.05, 0.1) is 22.5 Å². The van der Waals surface area contributed by atoms with Gasteiger partial charge in [-0.1, -0.05) is 34.9 Å². The van der Waals surface area contributed by atoms with E-state index in [1.807, 2.05) is 25.1 Å². The van der Waals surface area contributed by atoms with Crippen molar-refractivity contribution in [1.82, 2.24) is 9.55 Å². The van der Waals surface area contributed by atoms with Crippen molar-refractivity contribution in [3.63, 3.8) is 0 Å². The monoisotopic (exact) mass is 515 g/mol. The summed E-state index contributed by atoms with van der Waals surface area (Å²) in [5, 5.41) is 11.3. The lowest BCUT2D eigenvalue weighted by atomic mass is 9.96. The minimum atomic E-state index is -5.16. The summed E-state index contributed by atoms with van der Waals surface area (Å²) in [6.07, 6.45) is 4.14. The number of aromatic amines is 1. The van der Waals surface area contributed by atoms with Crippen molar-refractivity contribution < 1.29 is 16.5 Å². The third-order valence-electron chi connectivity index (χ3n) is 7.25. The second-order valence-corrected chi connectivity index (χ2v) is 10.5. The van der Waals surface area contributed by atoms with E-state index < -0.39 is 10.5 Å². The number of hydrogen-bond donors (Lipinski definition) is 1. The summed E-state index contributed by atoms with van der Waals surface area (Å²) < 4.78 is 41.8. The molecule has 7 nitrogen and oxygen atoms in total. The zero-order valence-electron chi connectivity index (χ0n) is 19.9. The van der Waals surface area contributed by atoms with Crippen LogP contribution in [0.2, 0.25) is 0 Å². The van der Waals surface area contributed by atoms with E-state index in [2.05, 4.69) is 19.8 Å². The van der Waals surface area contributed by atoms with E-state index in [1.165, 1.54) is 12.1 Å². The van der Waals surface area contributed by atoms with Crippen LogP contribution in [0.5, 0.6) is 5.75 Å². The maximum Gasteiger partial charge on any atom is 0.488 e. The van der Waals surface area contributed by atoms with Crippen LogP contribution in [0.3, 0.4) is 0 Å². The highest BCUT2D eigenvalue weighted by atomic mass is 32.3. The summed E-state index contributed by atoms with van der Waals surface area (Å²) in [6.45, 7) is 1.88. The molecule has 186 valence electrons. The summed E-state index contributed by atoms with van der Waals surface area (Å²) in [5.41, 5.74) is 4.89. The number of pyridine rings is 1. The molecule has 0 saturated heterocycles. The van der Waals surface area contributed by atoms with Crippen molar-refractivity contribution in [1.29, 1.82) is 5.26 Å². The molecular weight excluding hydrogens is 493 g/mol. The zero-order chi connectivity index (χ0) is 25.9. The van der Waals surface area contributed by atoms with Gasteiger partial charge in [0, 0.05) is 22.3 Å². The molecule has 1 N–H and O–H groups in total. The van der Waals surface area contributed by atoms with Gasteiger partial charge >= 0.3 is 10.5 Å². The predicted octanol–water partition coefficient (Wildman–Crippen LogP) is 6.19. The molecule has 1 aliphatic rings. The first-order chi connectivity index (χ1) is 17.7. The normalized spacial score (nSPS) is 14.5. The molecule has 0 amide bonds. The Hall–Kier alpha value is -4.16. The summed E-state index contributed by atoms with van der Waals surface area (Å²) in [4.78, 5) is 17.3. The Balaban J connectivity index is 1.68. The number of H-pyrrole nitrogens is 1. The number of nitriles is 1. The van der Waals surface area contributed by atoms with Gasteiger partial charge in [-0.05, 0) is 72.9 Å². The first-order valence-corrected chi connectivity index (χ1v) is 13.3. The molecule has 0 bridgehead atoms. The molecule has 5 aromatic rings. The van der Waals surface area contributed by atoms with Gasteiger partial charge in [-0.2, -0.15) is 13.7 Å². The van der Waals surface area contributed by atoms with E-state index >= 15 is 0 Å². The number of rotatable bonds is 4. The molecule has 1 aliphatic carbocycles. The van der Waals surface area contributed by atoms with Crippen LogP contribution in [0, 0.1) is 18.3 Å². The van der Waals surface area contributed by atoms with Gasteiger partial charge in [0.15, 0.2) is 5.43 Å². The maximum atomic E-state index is 13.9. The molecule has 0 unspecified atom stereocenters. The van der Waals surface area contributed by atoms with E-state index in [9.17, 15) is 22.4 Å². The average molecular weight is 516 g/mol. The first-order valence-electron chi connectivity index (χ1n) is 12.0. The highest BCUT2D eigenvalue weighted by molar-refractivity contribution is 7.81. The second kappa shape index (κ2) is 8.46. The Labute approximate surface area is 212 Å². The van der Waals surface area contributed by atoms with Crippen LogP contribution >= 0.6 is 0 Å². The number of nitrogens with zero attached hydrogens (tertiary/aromatic N) is 2. The lowest BCUT2D eigenvalue weighted by molar-refractivity contribution is 0.440. The molecule has 0 spiro atoms. The Bertz CT molecular complexity index is 1940. The average Bonchev–Trinajstić information content (AvgIpc) is 3.51. The van der Waals surface area contributed by atoms with Crippen molar-refractivity contribution >= 4 is 43.3 Å². The van der Waals surface area contributed by atoms with Crippen LogP contribution in [0.4, 0.5) is 3.89 Å². The van der Waals surface area contributed by atoms with Gasteiger partial charge in [-0.3, -0.25) is 4.79 Å². The highest BCUT2D eigenvalue weighted by Crippen LogP contribution is 2.38. The molecule has 3 aromatic carbocycles. The van der Waals surface area contributed by atoms with Crippen LogP contribution in [0.15, 0.2) is 59.4 Å². The number of benzene rings is 3. The SMILES string of the molecule is Cc1cc2c(=O)c3c4ccc(C#N)cc4[nH]c3n(C3CCCC3)c2cc1-c1cccc(OS(=O)(=O)F)c1. The molecule has 9 heteroatoms. The highest BCUT2D eigenvalue weighted by Gasteiger charge is 2.25. The van der Waals surface area contributed by atoms with Crippen molar-refractivity contribution in [2.24, 2.45) is 0 Å². The number of aryl methyl sites for hydroxylation is 1. The van der Waals surface area contributed by atoms with Crippen LogP contribution < -0.4 is 9.61 Å². The number of nitrogens with one attached hydrogen (secondary N) is 1. The van der Waals surface area contributed by atoms with E-state index in [0.29, 0.717) is 21.9 Å². The largest absolute Gasteiger partial charge is 0.488 e.